The Balaban J connectivity index is 1.32. The molecule has 1 saturated carbocycles. The van der Waals surface area contributed by atoms with Gasteiger partial charge in [0, 0.05) is 53.3 Å². The summed E-state index contributed by atoms with van der Waals surface area (Å²) in [4.78, 5) is 15.1. The number of aromatic nitrogens is 3. The number of fused-ring (bicyclic) bond motifs is 1. The molecule has 1 aromatic heterocycles. The van der Waals surface area contributed by atoms with Crippen LogP contribution in [-0.4, -0.2) is 32.4 Å². The molecule has 2 heterocycles. The summed E-state index contributed by atoms with van der Waals surface area (Å²) in [6.07, 6.45) is 4.48. The van der Waals surface area contributed by atoms with Gasteiger partial charge in [-0.2, -0.15) is 0 Å². The summed E-state index contributed by atoms with van der Waals surface area (Å²) in [5, 5.41) is 12.1. The van der Waals surface area contributed by atoms with Crippen molar-refractivity contribution in [2.24, 2.45) is 7.05 Å². The van der Waals surface area contributed by atoms with Crippen molar-refractivity contribution in [1.82, 2.24) is 20.1 Å². The maximum absolute atomic E-state index is 14.8. The molecule has 35 heavy (non-hydrogen) atoms. The molecule has 184 valence electrons. The van der Waals surface area contributed by atoms with Gasteiger partial charge >= 0.3 is 0 Å². The molecule has 0 unspecified atom stereocenters. The zero-order valence-corrected chi connectivity index (χ0v) is 21.1. The fourth-order valence-electron chi connectivity index (χ4n) is 5.17. The number of carbonyl (C=O) groups is 1. The molecule has 1 fully saturated rings. The lowest BCUT2D eigenvalue weighted by molar-refractivity contribution is 0.0996. The Morgan fingerprint density at radius 3 is 2.71 bits per heavy atom. The lowest BCUT2D eigenvalue weighted by atomic mass is 9.78. The van der Waals surface area contributed by atoms with E-state index >= 15 is 0 Å². The van der Waals surface area contributed by atoms with Crippen LogP contribution in [-0.2, 0) is 26.4 Å². The summed E-state index contributed by atoms with van der Waals surface area (Å²) >= 11 is 6.67. The second-order valence-electron chi connectivity index (χ2n) is 10.2. The molecule has 0 bridgehead atoms. The van der Waals surface area contributed by atoms with Crippen molar-refractivity contribution < 1.29 is 9.18 Å². The lowest BCUT2D eigenvalue weighted by Gasteiger charge is -2.41. The van der Waals surface area contributed by atoms with E-state index in [1.807, 2.05) is 36.4 Å². The van der Waals surface area contributed by atoms with Gasteiger partial charge in [-0.05, 0) is 68.5 Å². The Bertz CT molecular complexity index is 1250. The minimum atomic E-state index is -1.09. The van der Waals surface area contributed by atoms with Crippen LogP contribution in [0.2, 0.25) is 5.02 Å². The maximum Gasteiger partial charge on any atom is 0.258 e. The number of rotatable bonds is 8. The molecule has 1 aliphatic carbocycles. The number of hydrogen-bond acceptors (Lipinski definition) is 4. The van der Waals surface area contributed by atoms with Crippen LogP contribution in [0, 0.1) is 0 Å². The first-order valence-corrected chi connectivity index (χ1v) is 12.6. The van der Waals surface area contributed by atoms with Gasteiger partial charge in [-0.25, -0.2) is 4.39 Å². The first-order chi connectivity index (χ1) is 16.7. The number of amides is 1. The molecule has 0 saturated heterocycles. The van der Waals surface area contributed by atoms with Gasteiger partial charge in [0.25, 0.3) is 5.91 Å². The van der Waals surface area contributed by atoms with Crippen LogP contribution >= 0.6 is 11.6 Å². The lowest BCUT2D eigenvalue weighted by Crippen LogP contribution is -2.49. The maximum atomic E-state index is 14.8. The van der Waals surface area contributed by atoms with Crippen LogP contribution < -0.4 is 10.2 Å². The van der Waals surface area contributed by atoms with Crippen LogP contribution in [0.5, 0.6) is 0 Å². The zero-order valence-electron chi connectivity index (χ0n) is 20.4. The number of alkyl halides is 1. The molecular weight excluding hydrogens is 465 g/mol. The SMILES string of the molecule is C[C@H](NC1(C)CCC1)c1cc(Cl)c2c(c1)C(=O)N(c1cccc(C[C@@H](F)Cc3nncn3C)c1)C2. The first kappa shape index (κ1) is 23.9. The number of anilines is 1. The molecule has 6 nitrogen and oxygen atoms in total. The quantitative estimate of drug-likeness (QED) is 0.458. The van der Waals surface area contributed by atoms with E-state index in [9.17, 15) is 9.18 Å². The average Bonchev–Trinajstić information content (AvgIpc) is 3.35. The van der Waals surface area contributed by atoms with E-state index in [0.29, 0.717) is 23.0 Å². The molecule has 1 N–H and O–H groups in total. The highest BCUT2D eigenvalue weighted by Gasteiger charge is 2.35. The number of halogens is 2. The van der Waals surface area contributed by atoms with E-state index < -0.39 is 6.17 Å². The standard InChI is InChI=1S/C27H31ClFN5O/c1-17(31-27(2)8-5-9-27)19-12-22-23(24(28)13-19)15-34(26(22)35)21-7-4-6-18(11-21)10-20(29)14-25-32-30-16-33(25)3/h4,6-7,11-13,16-17,20,31H,5,8-10,14-15H2,1-3H3/t17-,20+/m0/s1. The molecule has 3 aromatic rings. The van der Waals surface area contributed by atoms with Crippen molar-refractivity contribution in [3.63, 3.8) is 0 Å². The molecular formula is C27H31ClFN5O. The van der Waals surface area contributed by atoms with Gasteiger partial charge in [0.15, 0.2) is 0 Å². The highest BCUT2D eigenvalue weighted by atomic mass is 35.5. The first-order valence-electron chi connectivity index (χ1n) is 12.2. The second kappa shape index (κ2) is 9.36. The van der Waals surface area contributed by atoms with Crippen LogP contribution in [0.15, 0.2) is 42.7 Å². The van der Waals surface area contributed by atoms with E-state index in [1.54, 1.807) is 22.8 Å². The number of benzene rings is 2. The number of carbonyl (C=O) groups excluding carboxylic acids is 1. The summed E-state index contributed by atoms with van der Waals surface area (Å²) in [6.45, 7) is 4.78. The number of aryl methyl sites for hydroxylation is 1. The molecule has 2 atom stereocenters. The van der Waals surface area contributed by atoms with E-state index in [0.717, 1.165) is 35.2 Å². The minimum Gasteiger partial charge on any atom is -0.321 e. The van der Waals surface area contributed by atoms with Crippen LogP contribution in [0.4, 0.5) is 10.1 Å². The van der Waals surface area contributed by atoms with Crippen molar-refractivity contribution in [2.75, 3.05) is 4.90 Å². The van der Waals surface area contributed by atoms with E-state index in [1.165, 1.54) is 6.42 Å². The second-order valence-corrected chi connectivity index (χ2v) is 10.6. The van der Waals surface area contributed by atoms with E-state index in [4.69, 9.17) is 11.6 Å². The van der Waals surface area contributed by atoms with Gasteiger partial charge in [-0.3, -0.25) is 4.79 Å². The topological polar surface area (TPSA) is 63.1 Å². The summed E-state index contributed by atoms with van der Waals surface area (Å²) in [7, 11) is 1.81. The number of nitrogens with zero attached hydrogens (tertiary/aromatic N) is 4. The van der Waals surface area contributed by atoms with Crippen LogP contribution in [0.1, 0.15) is 72.0 Å². The molecule has 1 amide bonds. The van der Waals surface area contributed by atoms with Crippen molar-refractivity contribution in [2.45, 2.75) is 70.2 Å². The Hall–Kier alpha value is -2.77. The minimum absolute atomic E-state index is 0.0705. The van der Waals surface area contributed by atoms with E-state index in [-0.39, 0.29) is 30.3 Å². The van der Waals surface area contributed by atoms with Crippen LogP contribution in [0.3, 0.4) is 0 Å². The largest absolute Gasteiger partial charge is 0.321 e. The summed E-state index contributed by atoms with van der Waals surface area (Å²) in [5.41, 5.74) is 4.26. The Kier molecular flexibility index (Phi) is 6.40. The molecule has 1 aliphatic heterocycles. The van der Waals surface area contributed by atoms with Gasteiger partial charge in [0.2, 0.25) is 0 Å². The van der Waals surface area contributed by atoms with Gasteiger partial charge in [-0.15, -0.1) is 10.2 Å². The van der Waals surface area contributed by atoms with Crippen molar-refractivity contribution >= 4 is 23.2 Å². The molecule has 5 rings (SSSR count). The van der Waals surface area contributed by atoms with Gasteiger partial charge < -0.3 is 14.8 Å². The monoisotopic (exact) mass is 495 g/mol. The third-order valence-corrected chi connectivity index (χ3v) is 7.76. The Morgan fingerprint density at radius 1 is 1.23 bits per heavy atom. The Morgan fingerprint density at radius 2 is 2.03 bits per heavy atom. The molecule has 8 heteroatoms. The molecule has 2 aromatic carbocycles. The predicted octanol–water partition coefficient (Wildman–Crippen LogP) is 5.35. The average molecular weight is 496 g/mol. The van der Waals surface area contributed by atoms with Gasteiger partial charge in [-0.1, -0.05) is 23.7 Å². The van der Waals surface area contributed by atoms with Crippen LogP contribution in [0.25, 0.3) is 0 Å². The van der Waals surface area contributed by atoms with Crippen molar-refractivity contribution in [3.05, 3.63) is 75.8 Å². The smallest absolute Gasteiger partial charge is 0.258 e. The number of nitrogens with one attached hydrogen (secondary N) is 1. The third-order valence-electron chi connectivity index (χ3n) is 7.42. The summed E-state index contributed by atoms with van der Waals surface area (Å²) in [6, 6.07) is 11.6. The fraction of sp³-hybridized carbons (Fsp3) is 0.444. The predicted molar refractivity (Wildman–Crippen MR) is 136 cm³/mol. The third kappa shape index (κ3) is 4.84. The summed E-state index contributed by atoms with van der Waals surface area (Å²) in [5.74, 6) is 0.540. The molecule has 2 aliphatic rings. The Labute approximate surface area is 210 Å². The normalized spacial score (nSPS) is 18.3. The fourth-order valence-corrected chi connectivity index (χ4v) is 5.46. The highest BCUT2D eigenvalue weighted by molar-refractivity contribution is 6.32. The van der Waals surface area contributed by atoms with Crippen molar-refractivity contribution in [1.29, 1.82) is 0 Å². The number of hydrogen-bond donors (Lipinski definition) is 1. The molecule has 0 radical (unpaired) electrons. The zero-order chi connectivity index (χ0) is 24.7. The van der Waals surface area contributed by atoms with Gasteiger partial charge in [0.05, 0.1) is 6.54 Å². The molecule has 0 spiro atoms. The highest BCUT2D eigenvalue weighted by Crippen LogP contribution is 2.37. The van der Waals surface area contributed by atoms with Crippen molar-refractivity contribution in [3.8, 4) is 0 Å². The summed E-state index contributed by atoms with van der Waals surface area (Å²) < 4.78 is 16.5. The van der Waals surface area contributed by atoms with E-state index in [2.05, 4.69) is 29.4 Å². The van der Waals surface area contributed by atoms with Gasteiger partial charge in [0.1, 0.15) is 18.3 Å².